The lowest BCUT2D eigenvalue weighted by molar-refractivity contribution is -0.132. The standard InChI is InChI=1S/C32H33NO5/c1-20(34)33-30-18-23-16-17-32(30,19-23)29-7-5-4-6-28(29)31(24-8-12-26(13-9-24)37-21(2)35)25-10-14-27(15-11-25)38-22(3)36/h4-15,23,30-31H,16-19H2,1-3H3,(H,33,34). The van der Waals surface area contributed by atoms with Gasteiger partial charge in [-0.2, -0.15) is 0 Å². The van der Waals surface area contributed by atoms with Crippen molar-refractivity contribution in [2.45, 2.75) is 63.8 Å². The summed E-state index contributed by atoms with van der Waals surface area (Å²) >= 11 is 0. The Balaban J connectivity index is 1.62. The molecule has 6 heteroatoms. The number of nitrogens with one attached hydrogen (secondary N) is 1. The summed E-state index contributed by atoms with van der Waals surface area (Å²) in [6, 6.07) is 23.9. The van der Waals surface area contributed by atoms with Crippen LogP contribution >= 0.6 is 0 Å². The van der Waals surface area contributed by atoms with Crippen LogP contribution in [0.25, 0.3) is 0 Å². The van der Waals surface area contributed by atoms with Gasteiger partial charge in [-0.25, -0.2) is 0 Å². The van der Waals surface area contributed by atoms with Gasteiger partial charge in [0.05, 0.1) is 0 Å². The molecule has 3 aromatic carbocycles. The van der Waals surface area contributed by atoms with Gasteiger partial charge >= 0.3 is 11.9 Å². The van der Waals surface area contributed by atoms with Crippen molar-refractivity contribution in [3.8, 4) is 11.5 Å². The average molecular weight is 512 g/mol. The summed E-state index contributed by atoms with van der Waals surface area (Å²) in [4.78, 5) is 35.1. The third-order valence-corrected chi connectivity index (χ3v) is 8.02. The second kappa shape index (κ2) is 10.4. The number of amides is 1. The van der Waals surface area contributed by atoms with E-state index in [1.54, 1.807) is 6.92 Å². The molecular formula is C32H33NO5. The predicted octanol–water partition coefficient (Wildman–Crippen LogP) is 5.66. The number of fused-ring (bicyclic) bond motifs is 2. The normalized spacial score (nSPS) is 21.8. The minimum atomic E-state index is -0.360. The van der Waals surface area contributed by atoms with Crippen LogP contribution in [0.1, 0.15) is 74.6 Å². The molecule has 3 unspecified atom stereocenters. The van der Waals surface area contributed by atoms with Gasteiger partial charge in [0, 0.05) is 38.1 Å². The summed E-state index contributed by atoms with van der Waals surface area (Å²) in [7, 11) is 0. The summed E-state index contributed by atoms with van der Waals surface area (Å²) in [5, 5.41) is 3.27. The molecule has 3 aromatic rings. The number of carbonyl (C=O) groups is 3. The highest BCUT2D eigenvalue weighted by molar-refractivity contribution is 5.74. The van der Waals surface area contributed by atoms with Crippen LogP contribution in [0.5, 0.6) is 11.5 Å². The van der Waals surface area contributed by atoms with E-state index in [4.69, 9.17) is 9.47 Å². The summed E-state index contributed by atoms with van der Waals surface area (Å²) in [5.74, 6) is 0.787. The number of hydrogen-bond acceptors (Lipinski definition) is 5. The number of ether oxygens (including phenoxy) is 2. The Morgan fingerprint density at radius 3 is 1.87 bits per heavy atom. The highest BCUT2D eigenvalue weighted by Gasteiger charge is 2.54. The maximum absolute atomic E-state index is 12.1. The minimum absolute atomic E-state index is 0.0121. The van der Waals surface area contributed by atoms with E-state index < -0.39 is 0 Å². The van der Waals surface area contributed by atoms with Crippen LogP contribution in [0.2, 0.25) is 0 Å². The van der Waals surface area contributed by atoms with Gasteiger partial charge in [-0.3, -0.25) is 14.4 Å². The molecule has 5 rings (SSSR count). The molecule has 2 fully saturated rings. The molecule has 3 atom stereocenters. The number of rotatable bonds is 7. The first kappa shape index (κ1) is 25.7. The number of esters is 2. The van der Waals surface area contributed by atoms with E-state index in [9.17, 15) is 14.4 Å². The van der Waals surface area contributed by atoms with Crippen LogP contribution in [0, 0.1) is 5.92 Å². The van der Waals surface area contributed by atoms with Crippen molar-refractivity contribution in [3.05, 3.63) is 95.1 Å². The van der Waals surface area contributed by atoms with Gasteiger partial charge in [0.25, 0.3) is 0 Å². The van der Waals surface area contributed by atoms with E-state index in [0.29, 0.717) is 17.4 Å². The van der Waals surface area contributed by atoms with Crippen LogP contribution in [0.4, 0.5) is 0 Å². The van der Waals surface area contributed by atoms with Gasteiger partial charge < -0.3 is 14.8 Å². The molecule has 38 heavy (non-hydrogen) atoms. The number of benzene rings is 3. The number of hydrogen-bond donors (Lipinski definition) is 1. The monoisotopic (exact) mass is 511 g/mol. The van der Waals surface area contributed by atoms with Gasteiger partial charge in [0.2, 0.25) is 5.91 Å². The molecule has 196 valence electrons. The first-order chi connectivity index (χ1) is 18.2. The molecular weight excluding hydrogens is 478 g/mol. The second-order valence-electron chi connectivity index (χ2n) is 10.6. The molecule has 2 saturated carbocycles. The molecule has 2 aliphatic rings. The lowest BCUT2D eigenvalue weighted by Crippen LogP contribution is -2.47. The third kappa shape index (κ3) is 5.08. The van der Waals surface area contributed by atoms with Crippen molar-refractivity contribution in [2.24, 2.45) is 5.92 Å². The SMILES string of the molecule is CC(=O)NC1CC2CCC1(c1ccccc1C(c1ccc(OC(C)=O)cc1)c1ccc(OC(C)=O)cc1)C2. The fraction of sp³-hybridized carbons (Fsp3) is 0.344. The Morgan fingerprint density at radius 1 is 0.816 bits per heavy atom. The van der Waals surface area contributed by atoms with Gasteiger partial charge in [0.15, 0.2) is 0 Å². The summed E-state index contributed by atoms with van der Waals surface area (Å²) in [6.45, 7) is 4.38. The van der Waals surface area contributed by atoms with E-state index in [1.807, 2.05) is 48.5 Å². The first-order valence-electron chi connectivity index (χ1n) is 13.2. The Kier molecular flexibility index (Phi) is 7.06. The molecule has 0 aliphatic heterocycles. The van der Waals surface area contributed by atoms with Crippen LogP contribution in [-0.4, -0.2) is 23.9 Å². The fourth-order valence-electron chi connectivity index (χ4n) is 6.67. The molecule has 0 heterocycles. The molecule has 1 N–H and O–H groups in total. The lowest BCUT2D eigenvalue weighted by Gasteiger charge is -2.39. The highest BCUT2D eigenvalue weighted by Crippen LogP contribution is 2.57. The smallest absolute Gasteiger partial charge is 0.308 e. The van der Waals surface area contributed by atoms with Crippen LogP contribution < -0.4 is 14.8 Å². The summed E-state index contributed by atoms with van der Waals surface area (Å²) in [6.07, 6.45) is 4.29. The molecule has 0 radical (unpaired) electrons. The average Bonchev–Trinajstić information content (AvgIpc) is 3.45. The molecule has 2 aliphatic carbocycles. The van der Waals surface area contributed by atoms with Crippen molar-refractivity contribution in [3.63, 3.8) is 0 Å². The molecule has 6 nitrogen and oxygen atoms in total. The maximum Gasteiger partial charge on any atom is 0.308 e. The van der Waals surface area contributed by atoms with E-state index in [-0.39, 0.29) is 35.2 Å². The van der Waals surface area contributed by atoms with Crippen LogP contribution in [0.3, 0.4) is 0 Å². The zero-order chi connectivity index (χ0) is 26.9. The highest BCUT2D eigenvalue weighted by atomic mass is 16.5. The molecule has 0 spiro atoms. The van der Waals surface area contributed by atoms with Crippen LogP contribution in [-0.2, 0) is 19.8 Å². The van der Waals surface area contributed by atoms with E-state index in [1.165, 1.54) is 31.4 Å². The Morgan fingerprint density at radius 2 is 1.37 bits per heavy atom. The fourth-order valence-corrected chi connectivity index (χ4v) is 6.67. The van der Waals surface area contributed by atoms with Crippen molar-refractivity contribution in [2.75, 3.05) is 0 Å². The van der Waals surface area contributed by atoms with Crippen molar-refractivity contribution in [1.82, 2.24) is 5.32 Å². The number of carbonyl (C=O) groups excluding carboxylic acids is 3. The molecule has 0 saturated heterocycles. The quantitative estimate of drug-likeness (QED) is 0.251. The largest absolute Gasteiger partial charge is 0.427 e. The molecule has 0 aromatic heterocycles. The zero-order valence-electron chi connectivity index (χ0n) is 22.0. The Labute approximate surface area is 223 Å². The Hall–Kier alpha value is -3.93. The van der Waals surface area contributed by atoms with Gasteiger partial charge in [-0.1, -0.05) is 48.5 Å². The van der Waals surface area contributed by atoms with Gasteiger partial charge in [-0.15, -0.1) is 0 Å². The van der Waals surface area contributed by atoms with E-state index in [2.05, 4.69) is 29.6 Å². The van der Waals surface area contributed by atoms with Crippen LogP contribution in [0.15, 0.2) is 72.8 Å². The zero-order valence-corrected chi connectivity index (χ0v) is 22.0. The summed E-state index contributed by atoms with van der Waals surface area (Å²) < 4.78 is 10.6. The first-order valence-corrected chi connectivity index (χ1v) is 13.2. The van der Waals surface area contributed by atoms with E-state index >= 15 is 0 Å². The third-order valence-electron chi connectivity index (χ3n) is 8.02. The second-order valence-corrected chi connectivity index (χ2v) is 10.6. The molecule has 2 bridgehead atoms. The van der Waals surface area contributed by atoms with Crippen molar-refractivity contribution in [1.29, 1.82) is 0 Å². The topological polar surface area (TPSA) is 81.7 Å². The lowest BCUT2D eigenvalue weighted by atomic mass is 9.69. The minimum Gasteiger partial charge on any atom is -0.427 e. The van der Waals surface area contributed by atoms with Gasteiger partial charge in [0.1, 0.15) is 11.5 Å². The molecule has 1 amide bonds. The van der Waals surface area contributed by atoms with Crippen molar-refractivity contribution < 1.29 is 23.9 Å². The maximum atomic E-state index is 12.1. The summed E-state index contributed by atoms with van der Waals surface area (Å²) in [5.41, 5.74) is 4.45. The predicted molar refractivity (Wildman–Crippen MR) is 144 cm³/mol. The van der Waals surface area contributed by atoms with Gasteiger partial charge in [-0.05, 0) is 78.1 Å². The van der Waals surface area contributed by atoms with Crippen molar-refractivity contribution >= 4 is 17.8 Å². The Bertz CT molecular complexity index is 1290. The van der Waals surface area contributed by atoms with E-state index in [0.717, 1.165) is 30.4 Å².